The Morgan fingerprint density at radius 2 is 2.06 bits per heavy atom. The van der Waals surface area contributed by atoms with Gasteiger partial charge < -0.3 is 5.32 Å². The summed E-state index contributed by atoms with van der Waals surface area (Å²) in [6.45, 7) is 5.54. The van der Waals surface area contributed by atoms with Crippen LogP contribution in [0.3, 0.4) is 0 Å². The fourth-order valence-electron chi connectivity index (χ4n) is 2.20. The monoisotopic (exact) mass is 268 g/mol. The second kappa shape index (κ2) is 5.82. The van der Waals surface area contributed by atoms with E-state index in [2.05, 4.69) is 17.1 Å². The third-order valence-electron chi connectivity index (χ3n) is 3.39. The summed E-state index contributed by atoms with van der Waals surface area (Å²) in [5.74, 6) is 0.196. The summed E-state index contributed by atoms with van der Waals surface area (Å²) in [6, 6.07) is 9.09. The van der Waals surface area contributed by atoms with Crippen molar-refractivity contribution < 1.29 is 8.42 Å². The molecule has 5 heteroatoms. The van der Waals surface area contributed by atoms with E-state index in [4.69, 9.17) is 0 Å². The summed E-state index contributed by atoms with van der Waals surface area (Å²) in [5, 5.41) is 3.30. The molecule has 4 nitrogen and oxygen atoms in total. The number of hydrogen-bond acceptors (Lipinski definition) is 4. The van der Waals surface area contributed by atoms with Crippen molar-refractivity contribution in [2.45, 2.75) is 17.9 Å². The zero-order valence-corrected chi connectivity index (χ0v) is 11.5. The molecule has 1 aliphatic heterocycles. The average molecular weight is 268 g/mol. The van der Waals surface area contributed by atoms with Gasteiger partial charge in [-0.3, -0.25) is 4.90 Å². The molecular formula is C13H20N2O2S. The summed E-state index contributed by atoms with van der Waals surface area (Å²) in [7, 11) is -3.15. The Morgan fingerprint density at radius 1 is 1.33 bits per heavy atom. The predicted octanol–water partition coefficient (Wildman–Crippen LogP) is 0.754. The topological polar surface area (TPSA) is 49.4 Å². The van der Waals surface area contributed by atoms with E-state index in [-0.39, 0.29) is 5.75 Å². The second-order valence-electron chi connectivity index (χ2n) is 4.72. The van der Waals surface area contributed by atoms with Gasteiger partial charge in [0.2, 0.25) is 0 Å². The first kappa shape index (κ1) is 13.5. The Hall–Kier alpha value is -0.910. The maximum absolute atomic E-state index is 12.1. The first-order valence-corrected chi connectivity index (χ1v) is 7.97. The zero-order chi connectivity index (χ0) is 13.0. The van der Waals surface area contributed by atoms with E-state index in [0.29, 0.717) is 17.5 Å². The number of sulfone groups is 1. The van der Waals surface area contributed by atoms with Gasteiger partial charge in [-0.2, -0.15) is 0 Å². The van der Waals surface area contributed by atoms with Crippen molar-refractivity contribution in [1.29, 1.82) is 0 Å². The largest absolute Gasteiger partial charge is 0.314 e. The highest BCUT2D eigenvalue weighted by Crippen LogP contribution is 2.11. The Morgan fingerprint density at radius 3 is 2.72 bits per heavy atom. The number of hydrogen-bond donors (Lipinski definition) is 1. The van der Waals surface area contributed by atoms with Gasteiger partial charge in [-0.15, -0.1) is 0 Å². The summed E-state index contributed by atoms with van der Waals surface area (Å²) < 4.78 is 24.3. The third kappa shape index (κ3) is 3.31. The zero-order valence-electron chi connectivity index (χ0n) is 10.7. The van der Waals surface area contributed by atoms with Gasteiger partial charge in [0.25, 0.3) is 0 Å². The molecule has 0 unspecified atom stereocenters. The van der Waals surface area contributed by atoms with Crippen molar-refractivity contribution >= 4 is 9.84 Å². The molecule has 2 rings (SSSR count). The lowest BCUT2D eigenvalue weighted by atomic mass is 10.2. The lowest BCUT2D eigenvalue weighted by Crippen LogP contribution is -2.50. The molecule has 18 heavy (non-hydrogen) atoms. The van der Waals surface area contributed by atoms with Crippen molar-refractivity contribution in [2.24, 2.45) is 0 Å². The normalized spacial score (nSPS) is 21.9. The summed E-state index contributed by atoms with van der Waals surface area (Å²) in [4.78, 5) is 2.66. The fraction of sp³-hybridized carbons (Fsp3) is 0.538. The van der Waals surface area contributed by atoms with Crippen LogP contribution >= 0.6 is 0 Å². The van der Waals surface area contributed by atoms with E-state index in [1.165, 1.54) is 0 Å². The van der Waals surface area contributed by atoms with Crippen molar-refractivity contribution in [3.8, 4) is 0 Å². The second-order valence-corrected chi connectivity index (χ2v) is 6.83. The van der Waals surface area contributed by atoms with Crippen LogP contribution in [0, 0.1) is 0 Å². The smallest absolute Gasteiger partial charge is 0.179 e. The standard InChI is InChI=1S/C13H20N2O2S/c1-12-11-14-7-8-15(12)9-10-18(16,17)13-5-3-2-4-6-13/h2-6,12,14H,7-11H2,1H3/t12-/m1/s1. The number of nitrogens with zero attached hydrogens (tertiary/aromatic N) is 1. The summed E-state index contributed by atoms with van der Waals surface area (Å²) >= 11 is 0. The Labute approximate surface area is 109 Å². The number of nitrogens with one attached hydrogen (secondary N) is 1. The van der Waals surface area contributed by atoms with Gasteiger partial charge in [0.1, 0.15) is 0 Å². The van der Waals surface area contributed by atoms with Crippen LogP contribution < -0.4 is 5.32 Å². The fourth-order valence-corrected chi connectivity index (χ4v) is 3.48. The third-order valence-corrected chi connectivity index (χ3v) is 5.10. The molecule has 0 aromatic heterocycles. The van der Waals surface area contributed by atoms with Gasteiger partial charge in [-0.1, -0.05) is 18.2 Å². The van der Waals surface area contributed by atoms with Crippen LogP contribution in [0.5, 0.6) is 0 Å². The molecule has 1 fully saturated rings. The first-order valence-electron chi connectivity index (χ1n) is 6.32. The average Bonchev–Trinajstić information content (AvgIpc) is 2.39. The molecule has 0 spiro atoms. The van der Waals surface area contributed by atoms with Crippen LogP contribution in [0.15, 0.2) is 35.2 Å². The molecule has 1 heterocycles. The summed E-state index contributed by atoms with van der Waals surface area (Å²) in [5.41, 5.74) is 0. The minimum absolute atomic E-state index is 0.196. The molecule has 0 bridgehead atoms. The van der Waals surface area contributed by atoms with Crippen LogP contribution in [0.25, 0.3) is 0 Å². The molecular weight excluding hydrogens is 248 g/mol. The molecule has 0 amide bonds. The van der Waals surface area contributed by atoms with Crippen LogP contribution in [0.4, 0.5) is 0 Å². The molecule has 1 atom stereocenters. The molecule has 1 N–H and O–H groups in total. The molecule has 1 saturated heterocycles. The van der Waals surface area contributed by atoms with Gasteiger partial charge in [0, 0.05) is 32.2 Å². The predicted molar refractivity (Wildman–Crippen MR) is 72.4 cm³/mol. The van der Waals surface area contributed by atoms with Gasteiger partial charge in [0.15, 0.2) is 9.84 Å². The van der Waals surface area contributed by atoms with E-state index < -0.39 is 9.84 Å². The molecule has 100 valence electrons. The van der Waals surface area contributed by atoms with Gasteiger partial charge in [-0.25, -0.2) is 8.42 Å². The van der Waals surface area contributed by atoms with E-state index in [9.17, 15) is 8.42 Å². The highest BCUT2D eigenvalue weighted by atomic mass is 32.2. The SMILES string of the molecule is C[C@@H]1CNCCN1CCS(=O)(=O)c1ccccc1. The Kier molecular flexibility index (Phi) is 4.37. The quantitative estimate of drug-likeness (QED) is 0.875. The van der Waals surface area contributed by atoms with Crippen molar-refractivity contribution in [3.63, 3.8) is 0 Å². The maximum Gasteiger partial charge on any atom is 0.179 e. The Balaban J connectivity index is 1.97. The minimum atomic E-state index is -3.15. The molecule has 0 aliphatic carbocycles. The van der Waals surface area contributed by atoms with Crippen LogP contribution in [-0.2, 0) is 9.84 Å². The molecule has 0 radical (unpaired) electrons. The van der Waals surface area contributed by atoms with Crippen LogP contribution in [0.1, 0.15) is 6.92 Å². The van der Waals surface area contributed by atoms with E-state index >= 15 is 0 Å². The van der Waals surface area contributed by atoms with E-state index in [1.54, 1.807) is 24.3 Å². The number of benzene rings is 1. The number of rotatable bonds is 4. The molecule has 1 aromatic rings. The first-order chi connectivity index (χ1) is 8.59. The minimum Gasteiger partial charge on any atom is -0.314 e. The van der Waals surface area contributed by atoms with Crippen molar-refractivity contribution in [3.05, 3.63) is 30.3 Å². The van der Waals surface area contributed by atoms with Gasteiger partial charge in [0.05, 0.1) is 10.6 Å². The molecule has 0 saturated carbocycles. The van der Waals surface area contributed by atoms with Crippen molar-refractivity contribution in [2.75, 3.05) is 31.9 Å². The van der Waals surface area contributed by atoms with Crippen molar-refractivity contribution in [1.82, 2.24) is 10.2 Å². The molecule has 1 aromatic carbocycles. The summed E-state index contributed by atoms with van der Waals surface area (Å²) in [6.07, 6.45) is 0. The van der Waals surface area contributed by atoms with E-state index in [1.807, 2.05) is 6.07 Å². The van der Waals surface area contributed by atoms with Gasteiger partial charge >= 0.3 is 0 Å². The van der Waals surface area contributed by atoms with Crippen LogP contribution in [-0.4, -0.2) is 51.3 Å². The Bertz CT molecular complexity index is 473. The molecule has 1 aliphatic rings. The highest BCUT2D eigenvalue weighted by Gasteiger charge is 2.21. The van der Waals surface area contributed by atoms with Crippen LogP contribution in [0.2, 0.25) is 0 Å². The highest BCUT2D eigenvalue weighted by molar-refractivity contribution is 7.91. The number of piperazine rings is 1. The lowest BCUT2D eigenvalue weighted by molar-refractivity contribution is 0.184. The van der Waals surface area contributed by atoms with E-state index in [0.717, 1.165) is 19.6 Å². The maximum atomic E-state index is 12.1. The lowest BCUT2D eigenvalue weighted by Gasteiger charge is -2.33. The van der Waals surface area contributed by atoms with Gasteiger partial charge in [-0.05, 0) is 19.1 Å².